The van der Waals surface area contributed by atoms with E-state index in [0.717, 1.165) is 22.6 Å². The lowest BCUT2D eigenvalue weighted by Gasteiger charge is -2.05. The van der Waals surface area contributed by atoms with Gasteiger partial charge in [0.1, 0.15) is 5.69 Å². The lowest BCUT2D eigenvalue weighted by molar-refractivity contribution is 0.742. The highest BCUT2D eigenvalue weighted by Gasteiger charge is 2.16. The van der Waals surface area contributed by atoms with E-state index in [0.29, 0.717) is 15.7 Å². The summed E-state index contributed by atoms with van der Waals surface area (Å²) in [6.07, 6.45) is 0. The number of aromatic nitrogens is 3. The molecule has 3 nitrogen and oxygen atoms in total. The third-order valence-electron chi connectivity index (χ3n) is 2.83. The second-order valence-electron chi connectivity index (χ2n) is 4.09. The average molecular weight is 270 g/mol. The van der Waals surface area contributed by atoms with Gasteiger partial charge in [0.25, 0.3) is 0 Å². The first kappa shape index (κ1) is 12.4. The lowest BCUT2D eigenvalue weighted by Crippen LogP contribution is -1.95. The Balaban J connectivity index is 2.68. The van der Waals surface area contributed by atoms with E-state index in [1.54, 1.807) is 4.68 Å². The van der Waals surface area contributed by atoms with Gasteiger partial charge in [0.05, 0.1) is 27.1 Å². The second-order valence-corrected chi connectivity index (χ2v) is 4.88. The standard InChI is InChI=1S/C12H13Cl2N3/c1-6-5-9(13)7(2)15-11(6)12-10(14)8(3)17(4)16-12/h5H,1-4H3. The average Bonchev–Trinajstić information content (AvgIpc) is 2.51. The van der Waals surface area contributed by atoms with Gasteiger partial charge in [0.15, 0.2) is 0 Å². The van der Waals surface area contributed by atoms with Crippen LogP contribution < -0.4 is 0 Å². The number of pyridine rings is 1. The van der Waals surface area contributed by atoms with Crippen molar-refractivity contribution in [3.05, 3.63) is 33.1 Å². The molecule has 0 amide bonds. The van der Waals surface area contributed by atoms with Gasteiger partial charge in [-0.2, -0.15) is 5.10 Å². The minimum Gasteiger partial charge on any atom is -0.271 e. The topological polar surface area (TPSA) is 30.7 Å². The first-order valence-electron chi connectivity index (χ1n) is 5.25. The van der Waals surface area contributed by atoms with Crippen molar-refractivity contribution in [2.24, 2.45) is 7.05 Å². The smallest absolute Gasteiger partial charge is 0.130 e. The molecule has 2 heterocycles. The summed E-state index contributed by atoms with van der Waals surface area (Å²) in [6.45, 7) is 5.75. The number of aryl methyl sites for hydroxylation is 3. The maximum absolute atomic E-state index is 6.26. The van der Waals surface area contributed by atoms with E-state index in [1.165, 1.54) is 0 Å². The highest BCUT2D eigenvalue weighted by Crippen LogP contribution is 2.31. The fourth-order valence-corrected chi connectivity index (χ4v) is 2.10. The van der Waals surface area contributed by atoms with Crippen molar-refractivity contribution in [3.63, 3.8) is 0 Å². The Kier molecular flexibility index (Phi) is 3.15. The van der Waals surface area contributed by atoms with Gasteiger partial charge in [-0.3, -0.25) is 4.68 Å². The first-order valence-corrected chi connectivity index (χ1v) is 6.00. The van der Waals surface area contributed by atoms with Crippen LogP contribution in [0.3, 0.4) is 0 Å². The summed E-state index contributed by atoms with van der Waals surface area (Å²) in [4.78, 5) is 4.47. The van der Waals surface area contributed by atoms with Gasteiger partial charge in [0.2, 0.25) is 0 Å². The molecule has 90 valence electrons. The van der Waals surface area contributed by atoms with E-state index in [9.17, 15) is 0 Å². The molecule has 0 fully saturated rings. The molecule has 0 saturated carbocycles. The maximum atomic E-state index is 6.26. The van der Waals surface area contributed by atoms with Crippen molar-refractivity contribution in [3.8, 4) is 11.4 Å². The minimum atomic E-state index is 0.643. The Morgan fingerprint density at radius 1 is 1.12 bits per heavy atom. The minimum absolute atomic E-state index is 0.643. The van der Waals surface area contributed by atoms with Gasteiger partial charge in [-0.25, -0.2) is 4.98 Å². The molecule has 2 aromatic heterocycles. The fraction of sp³-hybridized carbons (Fsp3) is 0.333. The van der Waals surface area contributed by atoms with Crippen molar-refractivity contribution >= 4 is 23.2 Å². The third kappa shape index (κ3) is 2.05. The molecular formula is C12H13Cl2N3. The van der Waals surface area contributed by atoms with Gasteiger partial charge >= 0.3 is 0 Å². The van der Waals surface area contributed by atoms with Crippen molar-refractivity contribution < 1.29 is 0 Å². The van der Waals surface area contributed by atoms with Crippen LogP contribution in [0.15, 0.2) is 6.07 Å². The van der Waals surface area contributed by atoms with E-state index >= 15 is 0 Å². The molecular weight excluding hydrogens is 257 g/mol. The Morgan fingerprint density at radius 3 is 2.29 bits per heavy atom. The van der Waals surface area contributed by atoms with Crippen LogP contribution in [0, 0.1) is 20.8 Å². The highest BCUT2D eigenvalue weighted by atomic mass is 35.5. The molecule has 0 aliphatic carbocycles. The van der Waals surface area contributed by atoms with Crippen molar-refractivity contribution in [2.75, 3.05) is 0 Å². The SMILES string of the molecule is Cc1cc(Cl)c(C)nc1-c1nn(C)c(C)c1Cl. The molecule has 0 spiro atoms. The summed E-state index contributed by atoms with van der Waals surface area (Å²) >= 11 is 12.3. The molecule has 2 rings (SSSR count). The predicted molar refractivity (Wildman–Crippen MR) is 70.7 cm³/mol. The molecule has 0 aliphatic rings. The molecule has 0 aliphatic heterocycles. The number of rotatable bonds is 1. The van der Waals surface area contributed by atoms with Gasteiger partial charge in [0, 0.05) is 7.05 Å². The van der Waals surface area contributed by atoms with Gasteiger partial charge in [-0.05, 0) is 32.4 Å². The number of nitrogens with zero attached hydrogens (tertiary/aromatic N) is 3. The summed E-state index contributed by atoms with van der Waals surface area (Å²) in [6, 6.07) is 1.89. The number of hydrogen-bond acceptors (Lipinski definition) is 2. The Labute approximate surface area is 110 Å². The monoisotopic (exact) mass is 269 g/mol. The van der Waals surface area contributed by atoms with Gasteiger partial charge < -0.3 is 0 Å². The molecule has 17 heavy (non-hydrogen) atoms. The Bertz CT molecular complexity index is 588. The van der Waals surface area contributed by atoms with E-state index in [1.807, 2.05) is 33.9 Å². The van der Waals surface area contributed by atoms with Crippen molar-refractivity contribution in [1.29, 1.82) is 0 Å². The van der Waals surface area contributed by atoms with Crippen LogP contribution >= 0.6 is 23.2 Å². The quantitative estimate of drug-likeness (QED) is 0.790. The summed E-state index contributed by atoms with van der Waals surface area (Å²) < 4.78 is 1.75. The number of hydrogen-bond donors (Lipinski definition) is 0. The normalized spacial score (nSPS) is 10.9. The zero-order chi connectivity index (χ0) is 12.7. The highest BCUT2D eigenvalue weighted by molar-refractivity contribution is 6.34. The third-order valence-corrected chi connectivity index (χ3v) is 3.66. The van der Waals surface area contributed by atoms with Crippen molar-refractivity contribution in [1.82, 2.24) is 14.8 Å². The van der Waals surface area contributed by atoms with E-state index in [4.69, 9.17) is 23.2 Å². The van der Waals surface area contributed by atoms with Gasteiger partial charge in [-0.15, -0.1) is 0 Å². The van der Waals surface area contributed by atoms with Gasteiger partial charge in [-0.1, -0.05) is 23.2 Å². The molecule has 0 radical (unpaired) electrons. The zero-order valence-corrected chi connectivity index (χ0v) is 11.7. The van der Waals surface area contributed by atoms with Crippen LogP contribution in [0.25, 0.3) is 11.4 Å². The van der Waals surface area contributed by atoms with Crippen molar-refractivity contribution in [2.45, 2.75) is 20.8 Å². The van der Waals surface area contributed by atoms with Crippen LogP contribution in [0.5, 0.6) is 0 Å². The largest absolute Gasteiger partial charge is 0.271 e. The zero-order valence-electron chi connectivity index (χ0n) is 10.2. The Hall–Kier alpha value is -1.06. The summed E-state index contributed by atoms with van der Waals surface area (Å²) in [5.41, 5.74) is 4.19. The molecule has 0 bridgehead atoms. The predicted octanol–water partition coefficient (Wildman–Crippen LogP) is 3.71. The molecule has 0 unspecified atom stereocenters. The fourth-order valence-electron chi connectivity index (χ4n) is 1.65. The van der Waals surface area contributed by atoms with E-state index in [2.05, 4.69) is 10.1 Å². The van der Waals surface area contributed by atoms with E-state index < -0.39 is 0 Å². The van der Waals surface area contributed by atoms with Crippen LogP contribution in [0.2, 0.25) is 10.0 Å². The molecule has 0 aromatic carbocycles. The van der Waals surface area contributed by atoms with Crippen LogP contribution in [-0.2, 0) is 7.05 Å². The number of halogens is 2. The molecule has 2 aromatic rings. The first-order chi connectivity index (χ1) is 7.91. The Morgan fingerprint density at radius 2 is 1.76 bits per heavy atom. The lowest BCUT2D eigenvalue weighted by atomic mass is 10.1. The summed E-state index contributed by atoms with van der Waals surface area (Å²) in [5.74, 6) is 0. The molecule has 0 N–H and O–H groups in total. The van der Waals surface area contributed by atoms with Crippen LogP contribution in [0.4, 0.5) is 0 Å². The second kappa shape index (κ2) is 4.31. The molecule has 0 atom stereocenters. The van der Waals surface area contributed by atoms with Crippen LogP contribution in [-0.4, -0.2) is 14.8 Å². The summed E-state index contributed by atoms with van der Waals surface area (Å²) in [7, 11) is 1.86. The van der Waals surface area contributed by atoms with Crippen LogP contribution in [0.1, 0.15) is 17.0 Å². The molecule has 5 heteroatoms. The molecule has 0 saturated heterocycles. The maximum Gasteiger partial charge on any atom is 0.130 e. The summed E-state index contributed by atoms with van der Waals surface area (Å²) in [5, 5.41) is 5.70. The van der Waals surface area contributed by atoms with E-state index in [-0.39, 0.29) is 0 Å².